The molecule has 1 saturated heterocycles. The minimum Gasteiger partial charge on any atom is -0.396 e. The molecule has 8 heteroatoms. The smallest absolute Gasteiger partial charge is 0.229 e. The molecule has 1 aliphatic heterocycles. The maximum absolute atomic E-state index is 10.9. The largest absolute Gasteiger partial charge is 0.396 e. The van der Waals surface area contributed by atoms with Gasteiger partial charge in [-0.2, -0.15) is 15.1 Å². The SMILES string of the molecule is Cn1ncc2c(N)nc(N3C[C@@H](O)[C@@]4(C3)[C@H](CO)[C@H]4c3ccccc3)nc21. The summed E-state index contributed by atoms with van der Waals surface area (Å²) in [6.07, 6.45) is 1.09. The molecule has 3 aromatic rings. The molecule has 1 saturated carbocycles. The van der Waals surface area contributed by atoms with Crippen LogP contribution in [0.2, 0.25) is 0 Å². The summed E-state index contributed by atoms with van der Waals surface area (Å²) in [6.45, 7) is 1.05. The molecule has 8 nitrogen and oxygen atoms in total. The number of aryl methyl sites for hydroxylation is 1. The predicted octanol–water partition coefficient (Wildman–Crippen LogP) is 0.519. The first-order chi connectivity index (χ1) is 13.1. The molecule has 2 aromatic heterocycles. The van der Waals surface area contributed by atoms with Crippen LogP contribution in [0.15, 0.2) is 36.5 Å². The van der Waals surface area contributed by atoms with E-state index in [4.69, 9.17) is 5.73 Å². The van der Waals surface area contributed by atoms with E-state index < -0.39 is 6.10 Å². The van der Waals surface area contributed by atoms with E-state index in [1.165, 1.54) is 0 Å². The van der Waals surface area contributed by atoms with Crippen LogP contribution in [0.3, 0.4) is 0 Å². The van der Waals surface area contributed by atoms with Crippen LogP contribution in [-0.2, 0) is 7.05 Å². The lowest BCUT2D eigenvalue weighted by Crippen LogP contribution is -2.24. The number of fused-ring (bicyclic) bond motifs is 1. The summed E-state index contributed by atoms with van der Waals surface area (Å²) < 4.78 is 1.67. The Morgan fingerprint density at radius 2 is 2.04 bits per heavy atom. The van der Waals surface area contributed by atoms with Gasteiger partial charge in [0.25, 0.3) is 0 Å². The number of nitrogens with zero attached hydrogens (tertiary/aromatic N) is 5. The molecule has 1 aromatic carbocycles. The van der Waals surface area contributed by atoms with Crippen molar-refractivity contribution in [2.75, 3.05) is 30.3 Å². The van der Waals surface area contributed by atoms with E-state index >= 15 is 0 Å². The molecule has 2 aliphatic rings. The second kappa shape index (κ2) is 5.64. The Morgan fingerprint density at radius 1 is 1.26 bits per heavy atom. The van der Waals surface area contributed by atoms with E-state index in [1.54, 1.807) is 10.9 Å². The molecule has 27 heavy (non-hydrogen) atoms. The van der Waals surface area contributed by atoms with Crippen molar-refractivity contribution < 1.29 is 10.2 Å². The van der Waals surface area contributed by atoms with Gasteiger partial charge in [0.05, 0.1) is 17.7 Å². The van der Waals surface area contributed by atoms with Crippen molar-refractivity contribution >= 4 is 22.8 Å². The summed E-state index contributed by atoms with van der Waals surface area (Å²) in [6, 6.07) is 10.1. The van der Waals surface area contributed by atoms with Gasteiger partial charge in [0.15, 0.2) is 5.65 Å². The Labute approximate surface area is 156 Å². The summed E-state index contributed by atoms with van der Waals surface area (Å²) in [7, 11) is 1.81. The van der Waals surface area contributed by atoms with Crippen molar-refractivity contribution in [3.63, 3.8) is 0 Å². The zero-order valence-corrected chi connectivity index (χ0v) is 15.0. The highest BCUT2D eigenvalue weighted by atomic mass is 16.3. The zero-order chi connectivity index (χ0) is 18.8. The van der Waals surface area contributed by atoms with E-state index in [0.29, 0.717) is 30.5 Å². The average molecular weight is 366 g/mol. The minimum absolute atomic E-state index is 0.0256. The lowest BCUT2D eigenvalue weighted by Gasteiger charge is -2.17. The maximum atomic E-state index is 10.9. The van der Waals surface area contributed by atoms with Gasteiger partial charge in [0, 0.05) is 32.2 Å². The van der Waals surface area contributed by atoms with Crippen LogP contribution in [0.25, 0.3) is 11.0 Å². The number of hydrogen-bond donors (Lipinski definition) is 3. The Balaban J connectivity index is 1.51. The number of aliphatic hydroxyl groups excluding tert-OH is 2. The molecular formula is C19H22N6O2. The number of rotatable bonds is 3. The predicted molar refractivity (Wildman–Crippen MR) is 101 cm³/mol. The Hall–Kier alpha value is -2.71. The van der Waals surface area contributed by atoms with E-state index in [1.807, 2.05) is 30.1 Å². The van der Waals surface area contributed by atoms with E-state index in [0.717, 1.165) is 10.9 Å². The van der Waals surface area contributed by atoms with Gasteiger partial charge in [0.1, 0.15) is 5.82 Å². The topological polar surface area (TPSA) is 113 Å². The van der Waals surface area contributed by atoms with E-state index in [9.17, 15) is 10.2 Å². The van der Waals surface area contributed by atoms with Gasteiger partial charge in [-0.25, -0.2) is 0 Å². The molecule has 4 atom stereocenters. The van der Waals surface area contributed by atoms with Crippen molar-refractivity contribution in [2.45, 2.75) is 12.0 Å². The van der Waals surface area contributed by atoms with Gasteiger partial charge < -0.3 is 20.8 Å². The van der Waals surface area contributed by atoms with Crippen molar-refractivity contribution in [1.29, 1.82) is 0 Å². The molecule has 3 heterocycles. The van der Waals surface area contributed by atoms with Crippen LogP contribution < -0.4 is 10.6 Å². The third-order valence-electron chi connectivity index (χ3n) is 6.29. The zero-order valence-electron chi connectivity index (χ0n) is 15.0. The average Bonchev–Trinajstić information content (AvgIpc) is 2.97. The van der Waals surface area contributed by atoms with Crippen LogP contribution in [-0.4, -0.2) is 55.8 Å². The highest BCUT2D eigenvalue weighted by molar-refractivity contribution is 5.86. The third kappa shape index (κ3) is 2.20. The fourth-order valence-electron chi connectivity index (χ4n) is 4.89. The first kappa shape index (κ1) is 16.5. The number of nitrogens with two attached hydrogens (primary N) is 1. The molecule has 1 aliphatic carbocycles. The maximum Gasteiger partial charge on any atom is 0.229 e. The van der Waals surface area contributed by atoms with Crippen LogP contribution in [0.4, 0.5) is 11.8 Å². The molecule has 0 amide bonds. The quantitative estimate of drug-likeness (QED) is 0.619. The molecule has 0 radical (unpaired) electrons. The van der Waals surface area contributed by atoms with Crippen molar-refractivity contribution in [1.82, 2.24) is 19.7 Å². The first-order valence-corrected chi connectivity index (χ1v) is 9.10. The molecule has 4 N–H and O–H groups in total. The number of hydrogen-bond acceptors (Lipinski definition) is 7. The number of nitrogen functional groups attached to an aromatic ring is 1. The Kier molecular flexibility index (Phi) is 3.44. The molecule has 2 fully saturated rings. The van der Waals surface area contributed by atoms with Crippen LogP contribution in [0, 0.1) is 11.3 Å². The Morgan fingerprint density at radius 3 is 2.78 bits per heavy atom. The Bertz CT molecular complexity index is 1010. The van der Waals surface area contributed by atoms with Crippen LogP contribution >= 0.6 is 0 Å². The normalized spacial score (nSPS) is 29.7. The number of aliphatic hydroxyl groups is 2. The van der Waals surface area contributed by atoms with Gasteiger partial charge in [-0.05, 0) is 17.4 Å². The molecule has 0 bridgehead atoms. The number of aromatic nitrogens is 4. The van der Waals surface area contributed by atoms with Gasteiger partial charge in [-0.3, -0.25) is 4.68 Å². The second-order valence-electron chi connectivity index (χ2n) is 7.60. The molecule has 140 valence electrons. The lowest BCUT2D eigenvalue weighted by atomic mass is 9.95. The van der Waals surface area contributed by atoms with Gasteiger partial charge >= 0.3 is 0 Å². The van der Waals surface area contributed by atoms with Gasteiger partial charge in [-0.1, -0.05) is 30.3 Å². The van der Waals surface area contributed by atoms with Gasteiger partial charge in [-0.15, -0.1) is 0 Å². The fourth-order valence-corrected chi connectivity index (χ4v) is 4.89. The standard InChI is InChI=1S/C19H22N6O2/c1-24-17-12(7-21-24)16(20)22-18(23-17)25-8-14(27)19(10-25)13(9-26)15(19)11-5-3-2-4-6-11/h2-7,13-15,26-27H,8-10H2,1H3,(H2,20,22,23)/t13-,14-,15-,19-/m1/s1. The molecule has 5 rings (SSSR count). The summed E-state index contributed by atoms with van der Waals surface area (Å²) >= 11 is 0. The summed E-state index contributed by atoms with van der Waals surface area (Å²) in [5.74, 6) is 1.03. The lowest BCUT2D eigenvalue weighted by molar-refractivity contribution is 0.113. The van der Waals surface area contributed by atoms with E-state index in [2.05, 4.69) is 27.2 Å². The number of β-amino-alcohol motifs (C(OH)–C–C–N with tert-alkyl or cyclic N) is 1. The minimum atomic E-state index is -0.563. The molecule has 1 spiro atoms. The van der Waals surface area contributed by atoms with Gasteiger partial charge in [0.2, 0.25) is 5.95 Å². The van der Waals surface area contributed by atoms with Crippen LogP contribution in [0.5, 0.6) is 0 Å². The summed E-state index contributed by atoms with van der Waals surface area (Å²) in [5.41, 5.74) is 7.54. The summed E-state index contributed by atoms with van der Waals surface area (Å²) in [5, 5.41) is 25.8. The van der Waals surface area contributed by atoms with Crippen molar-refractivity contribution in [2.24, 2.45) is 18.4 Å². The second-order valence-corrected chi connectivity index (χ2v) is 7.60. The monoisotopic (exact) mass is 366 g/mol. The molecular weight excluding hydrogens is 344 g/mol. The third-order valence-corrected chi connectivity index (χ3v) is 6.29. The van der Waals surface area contributed by atoms with E-state index in [-0.39, 0.29) is 23.9 Å². The highest BCUT2D eigenvalue weighted by Gasteiger charge is 2.71. The fraction of sp³-hybridized carbons (Fsp3) is 0.421. The summed E-state index contributed by atoms with van der Waals surface area (Å²) in [4.78, 5) is 11.0. The highest BCUT2D eigenvalue weighted by Crippen LogP contribution is 2.68. The van der Waals surface area contributed by atoms with Crippen molar-refractivity contribution in [3.8, 4) is 0 Å². The van der Waals surface area contributed by atoms with Crippen molar-refractivity contribution in [3.05, 3.63) is 42.1 Å². The number of anilines is 2. The number of benzene rings is 1. The van der Waals surface area contributed by atoms with Crippen LogP contribution in [0.1, 0.15) is 11.5 Å². The molecule has 0 unspecified atom stereocenters. The first-order valence-electron chi connectivity index (χ1n) is 9.10.